The molecule has 18 heavy (non-hydrogen) atoms. The van der Waals surface area contributed by atoms with Gasteiger partial charge in [-0.3, -0.25) is 9.59 Å². The molecule has 1 saturated heterocycles. The summed E-state index contributed by atoms with van der Waals surface area (Å²) in [4.78, 5) is 25.5. The van der Waals surface area contributed by atoms with Gasteiger partial charge in [0.2, 0.25) is 0 Å². The lowest BCUT2D eigenvalue weighted by Crippen LogP contribution is -2.46. The minimum absolute atomic E-state index is 0.0971. The van der Waals surface area contributed by atoms with E-state index in [1.54, 1.807) is 4.90 Å². The molecule has 1 aromatic rings. The number of carboxylic acid groups (broad SMARTS) is 1. The van der Waals surface area contributed by atoms with Crippen molar-refractivity contribution < 1.29 is 14.7 Å². The van der Waals surface area contributed by atoms with Gasteiger partial charge in [-0.25, -0.2) is 0 Å². The summed E-state index contributed by atoms with van der Waals surface area (Å²) in [5, 5.41) is 12.9. The molecule has 0 radical (unpaired) electrons. The lowest BCUT2D eigenvalue weighted by Gasteiger charge is -2.38. The van der Waals surface area contributed by atoms with Crippen molar-refractivity contribution in [3.8, 4) is 0 Å². The molecule has 1 aliphatic rings. The Bertz CT molecular complexity index is 438. The van der Waals surface area contributed by atoms with Crippen molar-refractivity contribution >= 4 is 23.4 Å². The summed E-state index contributed by atoms with van der Waals surface area (Å²) >= 11 is 1.07. The maximum absolute atomic E-state index is 12.0. The zero-order chi connectivity index (χ0) is 13.2. The van der Waals surface area contributed by atoms with E-state index in [4.69, 9.17) is 0 Å². The highest BCUT2D eigenvalue weighted by atomic mass is 32.1. The number of carbonyl (C=O) groups excluding carboxylic acids is 1. The normalized spacial score (nSPS) is 18.6. The van der Waals surface area contributed by atoms with Gasteiger partial charge in [0.15, 0.2) is 0 Å². The highest BCUT2D eigenvalue weighted by Crippen LogP contribution is 2.35. The van der Waals surface area contributed by atoms with Gasteiger partial charge in [-0.1, -0.05) is 11.4 Å². The number of carbonyl (C=O) groups is 2. The number of piperidine rings is 1. The second kappa shape index (κ2) is 5.01. The summed E-state index contributed by atoms with van der Waals surface area (Å²) in [6.45, 7) is 2.85. The Morgan fingerprint density at radius 3 is 2.61 bits per heavy atom. The average Bonchev–Trinajstić information content (AvgIpc) is 2.91. The molecule has 1 N–H and O–H groups in total. The predicted octanol–water partition coefficient (Wildman–Crippen LogP) is 1.26. The molecule has 0 spiro atoms. The number of likely N-dealkylation sites (tertiary alicyclic amines) is 1. The Morgan fingerprint density at radius 1 is 1.50 bits per heavy atom. The molecular weight excluding hydrogens is 254 g/mol. The third-order valence-corrected chi connectivity index (χ3v) is 4.36. The van der Waals surface area contributed by atoms with Crippen LogP contribution in [0.5, 0.6) is 0 Å². The van der Waals surface area contributed by atoms with Crippen LogP contribution in [0.15, 0.2) is 6.20 Å². The van der Waals surface area contributed by atoms with Crippen molar-refractivity contribution in [3.63, 3.8) is 0 Å². The summed E-state index contributed by atoms with van der Waals surface area (Å²) in [5.41, 5.74) is -0.664. The Balaban J connectivity index is 2.02. The minimum Gasteiger partial charge on any atom is -0.481 e. The molecule has 0 aromatic carbocycles. The first-order valence-electron chi connectivity index (χ1n) is 5.89. The van der Waals surface area contributed by atoms with Gasteiger partial charge in [0.05, 0.1) is 11.6 Å². The molecule has 1 aliphatic heterocycles. The molecule has 1 amide bonds. The molecule has 1 fully saturated rings. The van der Waals surface area contributed by atoms with Crippen LogP contribution in [0, 0.1) is 5.41 Å². The largest absolute Gasteiger partial charge is 0.481 e. The van der Waals surface area contributed by atoms with Crippen LogP contribution >= 0.6 is 11.5 Å². The molecule has 7 heteroatoms. The first-order valence-corrected chi connectivity index (χ1v) is 6.66. The number of hydrogen-bond acceptors (Lipinski definition) is 5. The Kier molecular flexibility index (Phi) is 3.60. The predicted molar refractivity (Wildman–Crippen MR) is 65.4 cm³/mol. The van der Waals surface area contributed by atoms with Gasteiger partial charge in [-0.15, -0.1) is 5.10 Å². The van der Waals surface area contributed by atoms with Crippen molar-refractivity contribution in [1.82, 2.24) is 14.5 Å². The van der Waals surface area contributed by atoms with Crippen LogP contribution in [-0.4, -0.2) is 44.6 Å². The van der Waals surface area contributed by atoms with Gasteiger partial charge in [-0.05, 0) is 30.8 Å². The average molecular weight is 269 g/mol. The maximum atomic E-state index is 12.0. The van der Waals surface area contributed by atoms with Crippen molar-refractivity contribution in [2.24, 2.45) is 5.41 Å². The minimum atomic E-state index is -0.753. The Hall–Kier alpha value is -1.50. The second-order valence-electron chi connectivity index (χ2n) is 4.51. The molecule has 2 rings (SSSR count). The number of nitrogens with zero attached hydrogens (tertiary/aromatic N) is 3. The first kappa shape index (κ1) is 12.9. The fourth-order valence-corrected chi connectivity index (χ4v) is 2.76. The molecule has 0 bridgehead atoms. The number of hydrogen-bond donors (Lipinski definition) is 1. The Morgan fingerprint density at radius 2 is 2.17 bits per heavy atom. The summed E-state index contributed by atoms with van der Waals surface area (Å²) in [6.07, 6.45) is 3.08. The van der Waals surface area contributed by atoms with E-state index in [1.165, 1.54) is 6.20 Å². The summed E-state index contributed by atoms with van der Waals surface area (Å²) < 4.78 is 3.66. The fourth-order valence-electron chi connectivity index (χ4n) is 2.27. The van der Waals surface area contributed by atoms with E-state index in [2.05, 4.69) is 9.59 Å². The van der Waals surface area contributed by atoms with E-state index in [-0.39, 0.29) is 5.91 Å². The molecule has 0 unspecified atom stereocenters. The second-order valence-corrected chi connectivity index (χ2v) is 5.30. The van der Waals surface area contributed by atoms with Crippen molar-refractivity contribution in [1.29, 1.82) is 0 Å². The zero-order valence-electron chi connectivity index (χ0n) is 10.1. The van der Waals surface area contributed by atoms with E-state index in [0.717, 1.165) is 11.5 Å². The molecular formula is C11H15N3O3S. The van der Waals surface area contributed by atoms with Crippen LogP contribution < -0.4 is 0 Å². The topological polar surface area (TPSA) is 83.4 Å². The standard InChI is InChI=1S/C11H15N3O3S/c1-2-11(10(16)17)3-5-14(6-4-11)9(15)8-7-12-13-18-8/h7H,2-6H2,1H3,(H,16,17). The quantitative estimate of drug-likeness (QED) is 0.893. The summed E-state index contributed by atoms with van der Waals surface area (Å²) in [7, 11) is 0. The van der Waals surface area contributed by atoms with Gasteiger partial charge < -0.3 is 10.0 Å². The highest BCUT2D eigenvalue weighted by Gasteiger charge is 2.41. The molecule has 1 aromatic heterocycles. The molecule has 6 nitrogen and oxygen atoms in total. The number of rotatable bonds is 3. The van der Waals surface area contributed by atoms with E-state index in [9.17, 15) is 14.7 Å². The monoisotopic (exact) mass is 269 g/mol. The van der Waals surface area contributed by atoms with Crippen molar-refractivity contribution in [3.05, 3.63) is 11.1 Å². The molecule has 0 aliphatic carbocycles. The number of aliphatic carboxylic acids is 1. The Labute approximate surface area is 109 Å². The van der Waals surface area contributed by atoms with Crippen LogP contribution in [-0.2, 0) is 4.79 Å². The summed E-state index contributed by atoms with van der Waals surface area (Å²) in [6, 6.07) is 0. The van der Waals surface area contributed by atoms with Crippen LogP contribution in [0.4, 0.5) is 0 Å². The molecule has 98 valence electrons. The molecule has 0 saturated carbocycles. The van der Waals surface area contributed by atoms with E-state index < -0.39 is 11.4 Å². The number of carboxylic acids is 1. The third-order valence-electron chi connectivity index (χ3n) is 3.71. The van der Waals surface area contributed by atoms with Gasteiger partial charge in [0.25, 0.3) is 5.91 Å². The molecule has 2 heterocycles. The van der Waals surface area contributed by atoms with Crippen LogP contribution in [0.1, 0.15) is 35.9 Å². The van der Waals surface area contributed by atoms with Gasteiger partial charge in [-0.2, -0.15) is 0 Å². The fraction of sp³-hybridized carbons (Fsp3) is 0.636. The van der Waals surface area contributed by atoms with Gasteiger partial charge in [0.1, 0.15) is 4.88 Å². The van der Waals surface area contributed by atoms with E-state index in [0.29, 0.717) is 37.2 Å². The number of amides is 1. The third kappa shape index (κ3) is 2.22. The van der Waals surface area contributed by atoms with Crippen LogP contribution in [0.3, 0.4) is 0 Å². The smallest absolute Gasteiger partial charge is 0.309 e. The van der Waals surface area contributed by atoms with E-state index in [1.807, 2.05) is 6.92 Å². The zero-order valence-corrected chi connectivity index (χ0v) is 10.9. The van der Waals surface area contributed by atoms with Crippen LogP contribution in [0.2, 0.25) is 0 Å². The lowest BCUT2D eigenvalue weighted by molar-refractivity contribution is -0.152. The van der Waals surface area contributed by atoms with Crippen molar-refractivity contribution in [2.45, 2.75) is 26.2 Å². The summed E-state index contributed by atoms with van der Waals surface area (Å²) in [5.74, 6) is -0.850. The van der Waals surface area contributed by atoms with Gasteiger partial charge >= 0.3 is 5.97 Å². The van der Waals surface area contributed by atoms with Crippen molar-refractivity contribution in [2.75, 3.05) is 13.1 Å². The SMILES string of the molecule is CCC1(C(=O)O)CCN(C(=O)c2cnns2)CC1. The van der Waals surface area contributed by atoms with E-state index >= 15 is 0 Å². The highest BCUT2D eigenvalue weighted by molar-refractivity contribution is 7.07. The van der Waals surface area contributed by atoms with Gasteiger partial charge in [0, 0.05) is 13.1 Å². The maximum Gasteiger partial charge on any atom is 0.309 e. The lowest BCUT2D eigenvalue weighted by atomic mass is 9.76. The molecule has 0 atom stereocenters. The first-order chi connectivity index (χ1) is 8.59. The number of aromatic nitrogens is 2. The van der Waals surface area contributed by atoms with Crippen LogP contribution in [0.25, 0.3) is 0 Å².